The number of anilines is 1. The summed E-state index contributed by atoms with van der Waals surface area (Å²) in [6, 6.07) is 5.59. The Morgan fingerprint density at radius 2 is 1.51 bits per heavy atom. The Labute approximate surface area is 205 Å². The van der Waals surface area contributed by atoms with Crippen molar-refractivity contribution in [2.24, 2.45) is 17.8 Å². The van der Waals surface area contributed by atoms with Crippen molar-refractivity contribution in [1.29, 1.82) is 5.26 Å². The highest BCUT2D eigenvalue weighted by atomic mass is 16.4. The molecular formula is C26H33N5O4. The maximum atomic E-state index is 13.2. The van der Waals surface area contributed by atoms with E-state index in [1.165, 1.54) is 6.26 Å². The second kappa shape index (κ2) is 10.1. The molecule has 5 heterocycles. The van der Waals surface area contributed by atoms with Gasteiger partial charge in [0.2, 0.25) is 23.4 Å². The molecule has 2 aromatic rings. The predicted molar refractivity (Wildman–Crippen MR) is 128 cm³/mol. The van der Waals surface area contributed by atoms with E-state index in [-0.39, 0.29) is 35.2 Å². The van der Waals surface area contributed by atoms with Crippen molar-refractivity contribution in [3.8, 4) is 17.7 Å². The van der Waals surface area contributed by atoms with Crippen LogP contribution in [0, 0.1) is 29.1 Å². The van der Waals surface area contributed by atoms with Crippen LogP contribution in [-0.4, -0.2) is 65.9 Å². The number of amides is 2. The molecule has 3 fully saturated rings. The molecule has 5 rings (SSSR count). The molecule has 3 aliphatic rings. The van der Waals surface area contributed by atoms with Crippen molar-refractivity contribution in [2.75, 3.05) is 44.2 Å². The van der Waals surface area contributed by atoms with Gasteiger partial charge in [0, 0.05) is 51.1 Å². The second-order valence-corrected chi connectivity index (χ2v) is 10.1. The highest BCUT2D eigenvalue weighted by Crippen LogP contribution is 2.32. The zero-order chi connectivity index (χ0) is 24.4. The number of carbonyl (C=O) groups is 2. The monoisotopic (exact) mass is 479 g/mol. The van der Waals surface area contributed by atoms with Crippen LogP contribution in [-0.2, 0) is 9.59 Å². The fourth-order valence-corrected chi connectivity index (χ4v) is 5.53. The van der Waals surface area contributed by atoms with E-state index in [2.05, 4.69) is 18.0 Å². The van der Waals surface area contributed by atoms with Gasteiger partial charge in [-0.15, -0.1) is 0 Å². The molecule has 0 saturated carbocycles. The molecule has 9 nitrogen and oxygen atoms in total. The normalized spacial score (nSPS) is 20.7. The third kappa shape index (κ3) is 4.93. The molecule has 0 N–H and O–H groups in total. The van der Waals surface area contributed by atoms with E-state index in [0.29, 0.717) is 56.6 Å². The first-order chi connectivity index (χ1) is 17.0. The largest absolute Gasteiger partial charge is 0.459 e. The number of rotatable bonds is 4. The van der Waals surface area contributed by atoms with Crippen LogP contribution in [0.15, 0.2) is 27.2 Å². The van der Waals surface area contributed by atoms with Gasteiger partial charge < -0.3 is 23.5 Å². The first-order valence-electron chi connectivity index (χ1n) is 12.8. The lowest BCUT2D eigenvalue weighted by Gasteiger charge is -2.39. The van der Waals surface area contributed by atoms with Crippen molar-refractivity contribution in [3.05, 3.63) is 24.1 Å². The van der Waals surface area contributed by atoms with Crippen LogP contribution < -0.4 is 4.90 Å². The number of furan rings is 1. The molecule has 2 aromatic heterocycles. The third-order valence-electron chi connectivity index (χ3n) is 7.83. The van der Waals surface area contributed by atoms with Gasteiger partial charge in [0.05, 0.1) is 6.26 Å². The summed E-state index contributed by atoms with van der Waals surface area (Å²) in [4.78, 5) is 36.4. The minimum absolute atomic E-state index is 0.0416. The topological polar surface area (TPSA) is 107 Å². The van der Waals surface area contributed by atoms with Gasteiger partial charge in [0.1, 0.15) is 6.07 Å². The number of nitrogens with zero attached hydrogens (tertiary/aromatic N) is 5. The Morgan fingerprint density at radius 1 is 0.943 bits per heavy atom. The smallest absolute Gasteiger partial charge is 0.266 e. The van der Waals surface area contributed by atoms with E-state index in [1.807, 2.05) is 14.7 Å². The summed E-state index contributed by atoms with van der Waals surface area (Å²) < 4.78 is 11.2. The van der Waals surface area contributed by atoms with Gasteiger partial charge in [0.15, 0.2) is 5.76 Å². The molecule has 3 saturated heterocycles. The predicted octanol–water partition coefficient (Wildman–Crippen LogP) is 3.52. The lowest BCUT2D eigenvalue weighted by molar-refractivity contribution is -0.143. The van der Waals surface area contributed by atoms with Crippen molar-refractivity contribution in [1.82, 2.24) is 14.8 Å². The van der Waals surface area contributed by atoms with E-state index in [0.717, 1.165) is 38.8 Å². The summed E-state index contributed by atoms with van der Waals surface area (Å²) in [5.41, 5.74) is 0.232. The quantitative estimate of drug-likeness (QED) is 0.660. The number of likely N-dealkylation sites (tertiary alicyclic amines) is 2. The van der Waals surface area contributed by atoms with Crippen molar-refractivity contribution >= 4 is 17.7 Å². The zero-order valence-corrected chi connectivity index (χ0v) is 20.3. The van der Waals surface area contributed by atoms with Gasteiger partial charge in [-0.1, -0.05) is 6.92 Å². The molecule has 2 amide bonds. The summed E-state index contributed by atoms with van der Waals surface area (Å²) >= 11 is 0. The molecule has 0 atom stereocenters. The Morgan fingerprint density at radius 3 is 2.06 bits per heavy atom. The van der Waals surface area contributed by atoms with Crippen molar-refractivity contribution in [3.63, 3.8) is 0 Å². The van der Waals surface area contributed by atoms with Crippen LogP contribution in [0.1, 0.15) is 51.1 Å². The SMILES string of the molecule is CC1CCN(C(=O)C2CCN(C(=O)C3CCN(c4oc(-c5ccco5)nc4C#N)CC3)CC2)CC1. The number of oxazole rings is 1. The van der Waals surface area contributed by atoms with Crippen molar-refractivity contribution in [2.45, 2.75) is 45.4 Å². The lowest BCUT2D eigenvalue weighted by atomic mass is 9.90. The summed E-state index contributed by atoms with van der Waals surface area (Å²) in [6.07, 6.45) is 6.64. The van der Waals surface area contributed by atoms with E-state index >= 15 is 0 Å². The van der Waals surface area contributed by atoms with Gasteiger partial charge in [0.25, 0.3) is 5.89 Å². The third-order valence-corrected chi connectivity index (χ3v) is 7.83. The highest BCUT2D eigenvalue weighted by molar-refractivity contribution is 5.81. The number of hydrogen-bond donors (Lipinski definition) is 0. The van der Waals surface area contributed by atoms with Crippen LogP contribution in [0.25, 0.3) is 11.7 Å². The van der Waals surface area contributed by atoms with Crippen molar-refractivity contribution < 1.29 is 18.4 Å². The second-order valence-electron chi connectivity index (χ2n) is 10.1. The van der Waals surface area contributed by atoms with E-state index in [4.69, 9.17) is 8.83 Å². The minimum Gasteiger partial charge on any atom is -0.459 e. The summed E-state index contributed by atoms with van der Waals surface area (Å²) in [6.45, 7) is 6.57. The zero-order valence-electron chi connectivity index (χ0n) is 20.3. The summed E-state index contributed by atoms with van der Waals surface area (Å²) in [7, 11) is 0. The number of hydrogen-bond acceptors (Lipinski definition) is 7. The van der Waals surface area contributed by atoms with Crippen LogP contribution >= 0.6 is 0 Å². The Bertz CT molecular complexity index is 1060. The first-order valence-corrected chi connectivity index (χ1v) is 12.8. The Hall–Kier alpha value is -3.28. The maximum absolute atomic E-state index is 13.2. The van der Waals surface area contributed by atoms with Gasteiger partial charge in [-0.25, -0.2) is 0 Å². The van der Waals surface area contributed by atoms with E-state index in [1.54, 1.807) is 12.1 Å². The number of aromatic nitrogens is 1. The average molecular weight is 480 g/mol. The fourth-order valence-electron chi connectivity index (χ4n) is 5.53. The van der Waals surface area contributed by atoms with Gasteiger partial charge in [-0.3, -0.25) is 9.59 Å². The molecule has 0 aromatic carbocycles. The minimum atomic E-state index is -0.0416. The highest BCUT2D eigenvalue weighted by Gasteiger charge is 2.35. The van der Waals surface area contributed by atoms with Gasteiger partial charge in [-0.2, -0.15) is 10.2 Å². The van der Waals surface area contributed by atoms with Crippen LogP contribution in [0.4, 0.5) is 5.88 Å². The number of piperidine rings is 3. The molecule has 0 aliphatic carbocycles. The fraction of sp³-hybridized carbons (Fsp3) is 0.615. The number of nitriles is 1. The van der Waals surface area contributed by atoms with Crippen LogP contribution in [0.2, 0.25) is 0 Å². The molecule has 0 unspecified atom stereocenters. The van der Waals surface area contributed by atoms with Crippen LogP contribution in [0.3, 0.4) is 0 Å². The van der Waals surface area contributed by atoms with Gasteiger partial charge >= 0.3 is 0 Å². The molecule has 0 bridgehead atoms. The molecule has 3 aliphatic heterocycles. The van der Waals surface area contributed by atoms with Crippen LogP contribution in [0.5, 0.6) is 0 Å². The lowest BCUT2D eigenvalue weighted by Crippen LogP contribution is -2.48. The van der Waals surface area contributed by atoms with E-state index < -0.39 is 0 Å². The molecule has 0 spiro atoms. The Balaban J connectivity index is 1.12. The maximum Gasteiger partial charge on any atom is 0.266 e. The molecule has 35 heavy (non-hydrogen) atoms. The van der Waals surface area contributed by atoms with E-state index in [9.17, 15) is 14.9 Å². The molecular weight excluding hydrogens is 446 g/mol. The van der Waals surface area contributed by atoms with Gasteiger partial charge in [-0.05, 0) is 56.6 Å². The first kappa shape index (κ1) is 23.5. The summed E-state index contributed by atoms with van der Waals surface area (Å²) in [5, 5.41) is 9.51. The Kier molecular flexibility index (Phi) is 6.80. The standard InChI is InChI=1S/C26H33N5O4/c1-18-4-10-29(11-5-18)24(32)19-6-12-30(13-7-19)25(33)20-8-14-31(15-9-20)26-21(17-27)28-23(35-26)22-3-2-16-34-22/h2-3,16,18-20H,4-15H2,1H3. The molecule has 186 valence electrons. The molecule has 0 radical (unpaired) electrons. The molecule has 9 heteroatoms. The number of carbonyl (C=O) groups excluding carboxylic acids is 2. The summed E-state index contributed by atoms with van der Waals surface area (Å²) in [5.74, 6) is 2.40. The average Bonchev–Trinajstić information content (AvgIpc) is 3.59.